The van der Waals surface area contributed by atoms with Crippen LogP contribution >= 0.6 is 11.8 Å². The number of hydrogen-bond acceptors (Lipinski definition) is 4. The minimum absolute atomic E-state index is 0.0699. The van der Waals surface area contributed by atoms with Crippen molar-refractivity contribution < 1.29 is 14.6 Å². The summed E-state index contributed by atoms with van der Waals surface area (Å²) in [5.41, 5.74) is 2.40. The number of hydrogen-bond donors (Lipinski definition) is 1. The molecular formula is C17H22O3S. The molecule has 1 aromatic carbocycles. The summed E-state index contributed by atoms with van der Waals surface area (Å²) in [5.74, 6) is 3.28. The molecule has 0 saturated carbocycles. The molecule has 3 unspecified atom stereocenters. The van der Waals surface area contributed by atoms with Gasteiger partial charge in [-0.1, -0.05) is 6.07 Å². The molecule has 3 aliphatic rings. The highest BCUT2D eigenvalue weighted by Gasteiger charge is 2.41. The Morgan fingerprint density at radius 1 is 1.33 bits per heavy atom. The van der Waals surface area contributed by atoms with E-state index in [1.807, 2.05) is 23.9 Å². The maximum atomic E-state index is 9.87. The van der Waals surface area contributed by atoms with Crippen molar-refractivity contribution in [1.82, 2.24) is 0 Å². The van der Waals surface area contributed by atoms with Crippen LogP contribution < -0.4 is 4.74 Å². The Kier molecular flexibility index (Phi) is 3.64. The molecule has 0 amide bonds. The molecule has 1 spiro atoms. The molecule has 2 saturated heterocycles. The Hall–Kier alpha value is -0.710. The van der Waals surface area contributed by atoms with Crippen LogP contribution in [0, 0.1) is 0 Å². The topological polar surface area (TPSA) is 38.7 Å². The van der Waals surface area contributed by atoms with Crippen LogP contribution in [0.3, 0.4) is 0 Å². The van der Waals surface area contributed by atoms with Gasteiger partial charge in [0, 0.05) is 18.6 Å². The molecule has 4 rings (SSSR count). The standard InChI is InChI=1S/C17H22O3S/c18-16-4-1-12-9-13(2-3-15(12)16)20-14-5-7-19-17(10-14)6-8-21-11-17/h2-3,9,14,16,18H,1,4-8,10-11H2. The molecule has 3 nitrogen and oxygen atoms in total. The smallest absolute Gasteiger partial charge is 0.120 e. The second-order valence-electron chi connectivity index (χ2n) is 6.48. The van der Waals surface area contributed by atoms with Crippen molar-refractivity contribution in [2.75, 3.05) is 18.1 Å². The lowest BCUT2D eigenvalue weighted by atomic mass is 9.91. The Morgan fingerprint density at radius 3 is 3.14 bits per heavy atom. The predicted octanol–water partition coefficient (Wildman–Crippen LogP) is 3.10. The van der Waals surface area contributed by atoms with Gasteiger partial charge in [0.1, 0.15) is 11.9 Å². The molecule has 4 heteroatoms. The van der Waals surface area contributed by atoms with E-state index >= 15 is 0 Å². The molecule has 3 atom stereocenters. The van der Waals surface area contributed by atoms with Crippen LogP contribution in [0.25, 0.3) is 0 Å². The molecule has 0 aromatic heterocycles. The van der Waals surface area contributed by atoms with E-state index in [9.17, 15) is 5.11 Å². The van der Waals surface area contributed by atoms with Crippen molar-refractivity contribution in [3.05, 3.63) is 29.3 Å². The number of benzene rings is 1. The average Bonchev–Trinajstić information content (AvgIpc) is 3.07. The van der Waals surface area contributed by atoms with Gasteiger partial charge in [-0.2, -0.15) is 11.8 Å². The third kappa shape index (κ3) is 2.69. The van der Waals surface area contributed by atoms with Crippen LogP contribution in [0.2, 0.25) is 0 Å². The van der Waals surface area contributed by atoms with E-state index in [2.05, 4.69) is 6.07 Å². The predicted molar refractivity (Wildman–Crippen MR) is 84.0 cm³/mol. The normalized spacial score (nSPS) is 35.1. The Balaban J connectivity index is 1.46. The summed E-state index contributed by atoms with van der Waals surface area (Å²) in [5, 5.41) is 9.87. The summed E-state index contributed by atoms with van der Waals surface area (Å²) in [4.78, 5) is 0. The lowest BCUT2D eigenvalue weighted by molar-refractivity contribution is -0.0959. The number of thioether (sulfide) groups is 1. The van der Waals surface area contributed by atoms with Gasteiger partial charge >= 0.3 is 0 Å². The third-order valence-electron chi connectivity index (χ3n) is 4.98. The summed E-state index contributed by atoms with van der Waals surface area (Å²) < 4.78 is 12.3. The maximum Gasteiger partial charge on any atom is 0.120 e. The van der Waals surface area contributed by atoms with Crippen LogP contribution in [0.4, 0.5) is 0 Å². The minimum Gasteiger partial charge on any atom is -0.490 e. The van der Waals surface area contributed by atoms with E-state index in [1.165, 1.54) is 11.3 Å². The SMILES string of the molecule is OC1CCc2cc(OC3CCOC4(CCSC4)C3)ccc21. The van der Waals surface area contributed by atoms with Crippen LogP contribution in [0.5, 0.6) is 5.75 Å². The van der Waals surface area contributed by atoms with E-state index in [0.29, 0.717) is 0 Å². The van der Waals surface area contributed by atoms with E-state index < -0.39 is 0 Å². The number of aliphatic hydroxyl groups is 1. The van der Waals surface area contributed by atoms with Crippen LogP contribution in [-0.4, -0.2) is 34.9 Å². The van der Waals surface area contributed by atoms with Gasteiger partial charge in [-0.05, 0) is 48.3 Å². The minimum atomic E-state index is -0.282. The second-order valence-corrected chi connectivity index (χ2v) is 7.59. The number of rotatable bonds is 2. The van der Waals surface area contributed by atoms with Crippen molar-refractivity contribution in [1.29, 1.82) is 0 Å². The van der Waals surface area contributed by atoms with Crippen LogP contribution in [0.1, 0.15) is 42.9 Å². The van der Waals surface area contributed by atoms with Crippen molar-refractivity contribution >= 4 is 11.8 Å². The summed E-state index contributed by atoms with van der Waals surface area (Å²) in [6.45, 7) is 0.814. The lowest BCUT2D eigenvalue weighted by Crippen LogP contribution is -2.43. The van der Waals surface area contributed by atoms with Gasteiger partial charge in [0.2, 0.25) is 0 Å². The van der Waals surface area contributed by atoms with Gasteiger partial charge in [-0.25, -0.2) is 0 Å². The molecule has 2 aliphatic heterocycles. The van der Waals surface area contributed by atoms with E-state index in [0.717, 1.165) is 55.8 Å². The summed E-state index contributed by atoms with van der Waals surface area (Å²) in [7, 11) is 0. The molecule has 1 N–H and O–H groups in total. The second kappa shape index (κ2) is 5.49. The molecule has 1 aliphatic carbocycles. The van der Waals surface area contributed by atoms with E-state index in [1.54, 1.807) is 0 Å². The summed E-state index contributed by atoms with van der Waals surface area (Å²) in [6.07, 6.45) is 4.94. The fourth-order valence-corrected chi connectivity index (χ4v) is 5.16. The van der Waals surface area contributed by atoms with Gasteiger partial charge in [0.25, 0.3) is 0 Å². The summed E-state index contributed by atoms with van der Waals surface area (Å²) in [6, 6.07) is 6.17. The van der Waals surface area contributed by atoms with E-state index in [-0.39, 0.29) is 17.8 Å². The monoisotopic (exact) mass is 306 g/mol. The molecule has 114 valence electrons. The Labute approximate surface area is 130 Å². The molecule has 0 radical (unpaired) electrons. The van der Waals surface area contributed by atoms with Crippen molar-refractivity contribution in [3.8, 4) is 5.75 Å². The highest BCUT2D eigenvalue weighted by Crippen LogP contribution is 2.40. The first kappa shape index (κ1) is 13.9. The summed E-state index contributed by atoms with van der Waals surface area (Å²) >= 11 is 2.00. The Bertz CT molecular complexity index is 525. The van der Waals surface area contributed by atoms with E-state index in [4.69, 9.17) is 9.47 Å². The van der Waals surface area contributed by atoms with Gasteiger partial charge in [-0.15, -0.1) is 0 Å². The van der Waals surface area contributed by atoms with Crippen molar-refractivity contribution in [3.63, 3.8) is 0 Å². The first-order valence-corrected chi connectivity index (χ1v) is 9.09. The molecule has 1 aromatic rings. The van der Waals surface area contributed by atoms with Crippen LogP contribution in [0.15, 0.2) is 18.2 Å². The molecule has 2 fully saturated rings. The number of fused-ring (bicyclic) bond motifs is 1. The molecular weight excluding hydrogens is 284 g/mol. The maximum absolute atomic E-state index is 9.87. The Morgan fingerprint density at radius 2 is 2.29 bits per heavy atom. The zero-order valence-corrected chi connectivity index (χ0v) is 13.0. The highest BCUT2D eigenvalue weighted by atomic mass is 32.2. The average molecular weight is 306 g/mol. The fourth-order valence-electron chi connectivity index (χ4n) is 3.78. The zero-order valence-electron chi connectivity index (χ0n) is 12.2. The first-order valence-electron chi connectivity index (χ1n) is 7.93. The van der Waals surface area contributed by atoms with Crippen molar-refractivity contribution in [2.24, 2.45) is 0 Å². The molecule has 0 bridgehead atoms. The number of aryl methyl sites for hydroxylation is 1. The van der Waals surface area contributed by atoms with Crippen molar-refractivity contribution in [2.45, 2.75) is 49.9 Å². The highest BCUT2D eigenvalue weighted by molar-refractivity contribution is 7.99. The van der Waals surface area contributed by atoms with Gasteiger partial charge in [0.15, 0.2) is 0 Å². The van der Waals surface area contributed by atoms with Crippen LogP contribution in [-0.2, 0) is 11.2 Å². The fraction of sp³-hybridized carbons (Fsp3) is 0.647. The number of aliphatic hydroxyl groups excluding tert-OH is 1. The first-order chi connectivity index (χ1) is 10.2. The van der Waals surface area contributed by atoms with Gasteiger partial charge in [-0.3, -0.25) is 0 Å². The quantitative estimate of drug-likeness (QED) is 0.911. The van der Waals surface area contributed by atoms with Gasteiger partial charge in [0.05, 0.1) is 18.3 Å². The largest absolute Gasteiger partial charge is 0.490 e. The lowest BCUT2D eigenvalue weighted by Gasteiger charge is -2.37. The molecule has 21 heavy (non-hydrogen) atoms. The third-order valence-corrected chi connectivity index (χ3v) is 6.20. The van der Waals surface area contributed by atoms with Gasteiger partial charge < -0.3 is 14.6 Å². The zero-order chi connectivity index (χ0) is 14.3. The number of ether oxygens (including phenoxy) is 2. The molecule has 2 heterocycles.